The standard InChI is InChI=1S/C19H12BrF6NO5/c20-13-8-4-5-11(9-13)14(10-27(29)30)16(12-6-2-1-3-7-12)15(28)31-17(32-16,18(21,22)23)19(24,25)26/h1-9,14H,10H2/t14-,16-/m0/s1. The maximum atomic E-state index is 13.7. The Kier molecular flexibility index (Phi) is 6.02. The highest BCUT2D eigenvalue weighted by atomic mass is 79.9. The lowest BCUT2D eigenvalue weighted by Crippen LogP contribution is -2.59. The lowest BCUT2D eigenvalue weighted by atomic mass is 9.77. The Morgan fingerprint density at radius 1 is 1.00 bits per heavy atom. The Balaban J connectivity index is 2.35. The first kappa shape index (κ1) is 24.0. The number of hydrogen-bond acceptors (Lipinski definition) is 5. The van der Waals surface area contributed by atoms with Gasteiger partial charge in [-0.1, -0.05) is 58.4 Å². The summed E-state index contributed by atoms with van der Waals surface area (Å²) in [5.74, 6) is -9.27. The number of carbonyl (C=O) groups is 1. The van der Waals surface area contributed by atoms with Crippen molar-refractivity contribution in [3.05, 3.63) is 80.3 Å². The van der Waals surface area contributed by atoms with Crippen LogP contribution in [0.5, 0.6) is 0 Å². The molecule has 1 saturated heterocycles. The van der Waals surface area contributed by atoms with E-state index in [1.807, 2.05) is 0 Å². The van der Waals surface area contributed by atoms with E-state index in [1.165, 1.54) is 42.5 Å². The van der Waals surface area contributed by atoms with Crippen LogP contribution < -0.4 is 0 Å². The summed E-state index contributed by atoms with van der Waals surface area (Å²) in [7, 11) is 0. The highest BCUT2D eigenvalue weighted by molar-refractivity contribution is 9.10. The molecule has 0 spiro atoms. The molecule has 1 aliphatic heterocycles. The molecule has 32 heavy (non-hydrogen) atoms. The van der Waals surface area contributed by atoms with Crippen LogP contribution in [0, 0.1) is 10.1 Å². The Bertz CT molecular complexity index is 1010. The number of alkyl halides is 6. The number of carbonyl (C=O) groups excluding carboxylic acids is 1. The summed E-state index contributed by atoms with van der Waals surface area (Å²) in [5, 5.41) is 11.4. The van der Waals surface area contributed by atoms with Gasteiger partial charge < -0.3 is 9.47 Å². The Morgan fingerprint density at radius 3 is 2.06 bits per heavy atom. The number of ether oxygens (including phenoxy) is 2. The van der Waals surface area contributed by atoms with Crippen LogP contribution in [0.15, 0.2) is 59.1 Å². The molecular formula is C19H12BrF6NO5. The molecule has 0 amide bonds. The van der Waals surface area contributed by atoms with Crippen molar-refractivity contribution in [1.82, 2.24) is 0 Å². The zero-order chi connectivity index (χ0) is 23.9. The second kappa shape index (κ2) is 8.03. The van der Waals surface area contributed by atoms with Crippen LogP contribution in [0.1, 0.15) is 17.0 Å². The van der Waals surface area contributed by atoms with Crippen molar-refractivity contribution in [2.24, 2.45) is 0 Å². The van der Waals surface area contributed by atoms with E-state index in [0.717, 1.165) is 12.1 Å². The monoisotopic (exact) mass is 527 g/mol. The minimum Gasteiger partial charge on any atom is -0.413 e. The van der Waals surface area contributed by atoms with Gasteiger partial charge in [0.1, 0.15) is 0 Å². The van der Waals surface area contributed by atoms with Crippen molar-refractivity contribution in [3.8, 4) is 0 Å². The van der Waals surface area contributed by atoms with Gasteiger partial charge in [-0.3, -0.25) is 10.1 Å². The minimum atomic E-state index is -6.23. The van der Waals surface area contributed by atoms with Gasteiger partial charge in [-0.25, -0.2) is 4.79 Å². The molecule has 2 aromatic rings. The van der Waals surface area contributed by atoms with Crippen LogP contribution in [-0.2, 0) is 19.9 Å². The van der Waals surface area contributed by atoms with E-state index in [0.29, 0.717) is 4.47 Å². The normalized spacial score (nSPS) is 21.8. The molecule has 0 aromatic heterocycles. The third kappa shape index (κ3) is 3.83. The van der Waals surface area contributed by atoms with Gasteiger partial charge in [0.05, 0.1) is 5.92 Å². The van der Waals surface area contributed by atoms with Gasteiger partial charge >= 0.3 is 24.1 Å². The Hall–Kier alpha value is -2.67. The smallest absolute Gasteiger partial charge is 0.413 e. The molecule has 13 heteroatoms. The number of nitro groups is 1. The average Bonchev–Trinajstić information content (AvgIpc) is 3.02. The van der Waals surface area contributed by atoms with Gasteiger partial charge in [0, 0.05) is 9.40 Å². The number of halogens is 7. The molecule has 0 unspecified atom stereocenters. The third-order valence-corrected chi connectivity index (χ3v) is 5.36. The fraction of sp³-hybridized carbons (Fsp3) is 0.316. The van der Waals surface area contributed by atoms with Gasteiger partial charge in [-0.05, 0) is 23.3 Å². The van der Waals surface area contributed by atoms with Crippen molar-refractivity contribution in [3.63, 3.8) is 0 Å². The maximum Gasteiger partial charge on any atom is 0.465 e. The van der Waals surface area contributed by atoms with Crippen LogP contribution in [0.4, 0.5) is 26.3 Å². The second-order valence-electron chi connectivity index (χ2n) is 6.83. The molecule has 0 aliphatic carbocycles. The maximum absolute atomic E-state index is 13.7. The fourth-order valence-electron chi connectivity index (χ4n) is 3.51. The van der Waals surface area contributed by atoms with Crippen molar-refractivity contribution in [2.45, 2.75) is 29.7 Å². The predicted octanol–water partition coefficient (Wildman–Crippen LogP) is 5.10. The zero-order valence-electron chi connectivity index (χ0n) is 15.6. The van der Waals surface area contributed by atoms with Crippen molar-refractivity contribution < 1.29 is 45.5 Å². The molecular weight excluding hydrogens is 516 g/mol. The fourth-order valence-corrected chi connectivity index (χ4v) is 3.92. The first-order valence-electron chi connectivity index (χ1n) is 8.74. The average molecular weight is 528 g/mol. The van der Waals surface area contributed by atoms with Crippen LogP contribution in [0.3, 0.4) is 0 Å². The first-order chi connectivity index (χ1) is 14.7. The molecule has 0 bridgehead atoms. The van der Waals surface area contributed by atoms with E-state index in [2.05, 4.69) is 25.4 Å². The summed E-state index contributed by atoms with van der Waals surface area (Å²) < 4.78 is 90.9. The van der Waals surface area contributed by atoms with Gasteiger partial charge in [-0.15, -0.1) is 0 Å². The topological polar surface area (TPSA) is 78.7 Å². The SMILES string of the molecule is O=C1OC(C(F)(F)F)(C(F)(F)F)O[C@@]1(c1ccccc1)[C@@H](C[N+](=O)[O-])c1cccc(Br)c1. The van der Waals surface area contributed by atoms with E-state index in [1.54, 1.807) is 0 Å². The lowest BCUT2D eigenvalue weighted by Gasteiger charge is -2.35. The molecule has 172 valence electrons. The molecule has 2 aromatic carbocycles. The molecule has 0 saturated carbocycles. The Labute approximate surface area is 184 Å². The summed E-state index contributed by atoms with van der Waals surface area (Å²) >= 11 is 3.09. The molecule has 1 heterocycles. The van der Waals surface area contributed by atoms with Gasteiger partial charge in [0.15, 0.2) is 0 Å². The van der Waals surface area contributed by atoms with E-state index in [9.17, 15) is 41.3 Å². The summed E-state index contributed by atoms with van der Waals surface area (Å²) in [5.41, 5.74) is -3.70. The van der Waals surface area contributed by atoms with Crippen molar-refractivity contribution in [1.29, 1.82) is 0 Å². The molecule has 1 fully saturated rings. The summed E-state index contributed by atoms with van der Waals surface area (Å²) in [6, 6.07) is 11.2. The highest BCUT2D eigenvalue weighted by Gasteiger charge is 2.84. The molecule has 3 rings (SSSR count). The van der Waals surface area contributed by atoms with E-state index in [-0.39, 0.29) is 5.56 Å². The third-order valence-electron chi connectivity index (χ3n) is 4.87. The minimum absolute atomic E-state index is 0.114. The molecule has 0 radical (unpaired) electrons. The van der Waals surface area contributed by atoms with E-state index < -0.39 is 52.7 Å². The van der Waals surface area contributed by atoms with Crippen LogP contribution >= 0.6 is 15.9 Å². The Morgan fingerprint density at radius 2 is 1.59 bits per heavy atom. The number of esters is 1. The van der Waals surface area contributed by atoms with Gasteiger partial charge in [0.2, 0.25) is 12.1 Å². The highest BCUT2D eigenvalue weighted by Crippen LogP contribution is 2.58. The van der Waals surface area contributed by atoms with Gasteiger partial charge in [0.25, 0.3) is 0 Å². The number of rotatable bonds is 5. The van der Waals surface area contributed by atoms with E-state index in [4.69, 9.17) is 0 Å². The number of benzene rings is 2. The molecule has 0 N–H and O–H groups in total. The predicted molar refractivity (Wildman–Crippen MR) is 98.9 cm³/mol. The van der Waals surface area contributed by atoms with Crippen LogP contribution in [0.2, 0.25) is 0 Å². The van der Waals surface area contributed by atoms with Crippen molar-refractivity contribution in [2.75, 3.05) is 6.54 Å². The van der Waals surface area contributed by atoms with Crippen LogP contribution in [0.25, 0.3) is 0 Å². The number of hydrogen-bond donors (Lipinski definition) is 0. The summed E-state index contributed by atoms with van der Waals surface area (Å²) in [6.07, 6.45) is -12.5. The van der Waals surface area contributed by atoms with Crippen molar-refractivity contribution >= 4 is 21.9 Å². The molecule has 2 atom stereocenters. The summed E-state index contributed by atoms with van der Waals surface area (Å²) in [6.45, 7) is -1.23. The second-order valence-corrected chi connectivity index (χ2v) is 7.74. The zero-order valence-corrected chi connectivity index (χ0v) is 17.2. The number of nitrogens with zero attached hydrogens (tertiary/aromatic N) is 1. The van der Waals surface area contributed by atoms with Crippen LogP contribution in [-0.4, -0.2) is 35.6 Å². The largest absolute Gasteiger partial charge is 0.465 e. The lowest BCUT2D eigenvalue weighted by molar-refractivity contribution is -0.491. The quantitative estimate of drug-likeness (QED) is 0.234. The van der Waals surface area contributed by atoms with Gasteiger partial charge in [-0.2, -0.15) is 26.3 Å². The first-order valence-corrected chi connectivity index (χ1v) is 9.54. The number of cyclic esters (lactones) is 1. The molecule has 6 nitrogen and oxygen atoms in total. The molecule has 1 aliphatic rings. The van der Waals surface area contributed by atoms with E-state index >= 15 is 0 Å². The summed E-state index contributed by atoms with van der Waals surface area (Å²) in [4.78, 5) is 23.3.